The van der Waals surface area contributed by atoms with Crippen LogP contribution in [0.3, 0.4) is 0 Å². The van der Waals surface area contributed by atoms with E-state index in [1.165, 1.54) is 17.5 Å². The van der Waals surface area contributed by atoms with Crippen molar-refractivity contribution in [3.8, 4) is 22.4 Å². The average Bonchev–Trinajstić information content (AvgIpc) is 3.05. The van der Waals surface area contributed by atoms with E-state index in [4.69, 9.17) is 10.4 Å². The number of benzene rings is 1. The van der Waals surface area contributed by atoms with Crippen LogP contribution in [0.25, 0.3) is 20.8 Å². The predicted octanol–water partition coefficient (Wildman–Crippen LogP) is 1.75. The van der Waals surface area contributed by atoms with E-state index < -0.39 is 18.4 Å². The fraction of sp³-hybridized carbons (Fsp3) is 0.0625. The minimum atomic E-state index is -1.20. The van der Waals surface area contributed by atoms with Crippen LogP contribution in [0.5, 0.6) is 5.75 Å². The number of hydrogen-bond donors (Lipinski definition) is 3. The molecule has 2 aromatic heterocycles. The topological polar surface area (TPSA) is 136 Å². The van der Waals surface area contributed by atoms with E-state index in [2.05, 4.69) is 15.3 Å². The van der Waals surface area contributed by atoms with Crippen molar-refractivity contribution in [3.63, 3.8) is 0 Å². The molecule has 3 N–H and O–H groups in total. The van der Waals surface area contributed by atoms with Gasteiger partial charge >= 0.3 is 5.97 Å². The molecule has 0 aliphatic rings. The second-order valence-electron chi connectivity index (χ2n) is 4.95. The minimum Gasteiger partial charge on any atom is -0.504 e. The summed E-state index contributed by atoms with van der Waals surface area (Å²) in [5.74, 6) is -2.33. The monoisotopic (exact) mass is 354 g/mol. The molecule has 8 nitrogen and oxygen atoms in total. The third-order valence-electron chi connectivity index (χ3n) is 3.28. The number of hydrogen-bond acceptors (Lipinski definition) is 7. The molecule has 0 radical (unpaired) electrons. The Morgan fingerprint density at radius 2 is 2.00 bits per heavy atom. The molecule has 0 spiro atoms. The van der Waals surface area contributed by atoms with Crippen LogP contribution in [-0.4, -0.2) is 38.6 Å². The number of aliphatic carboxylic acids is 1. The highest BCUT2D eigenvalue weighted by atomic mass is 32.1. The fourth-order valence-corrected chi connectivity index (χ4v) is 3.09. The third-order valence-corrected chi connectivity index (χ3v) is 4.41. The van der Waals surface area contributed by atoms with Gasteiger partial charge in [-0.3, -0.25) is 9.59 Å². The highest BCUT2D eigenvalue weighted by Crippen LogP contribution is 2.36. The van der Waals surface area contributed by atoms with Crippen LogP contribution in [0.15, 0.2) is 30.5 Å². The number of pyridine rings is 1. The number of aromatic nitrogens is 2. The van der Waals surface area contributed by atoms with Gasteiger partial charge in [-0.15, -0.1) is 11.3 Å². The second kappa shape index (κ2) is 6.54. The molecule has 0 bridgehead atoms. The van der Waals surface area contributed by atoms with Gasteiger partial charge in [0.15, 0.2) is 11.4 Å². The third kappa shape index (κ3) is 3.24. The van der Waals surface area contributed by atoms with Crippen LogP contribution < -0.4 is 5.32 Å². The zero-order valence-corrected chi connectivity index (χ0v) is 13.4. The van der Waals surface area contributed by atoms with Crippen LogP contribution in [-0.2, 0) is 4.79 Å². The quantitative estimate of drug-likeness (QED) is 0.649. The number of amides is 1. The number of aromatic hydroxyl groups is 1. The number of rotatable bonds is 4. The summed E-state index contributed by atoms with van der Waals surface area (Å²) in [5, 5.41) is 30.5. The number of carbonyl (C=O) groups is 2. The summed E-state index contributed by atoms with van der Waals surface area (Å²) in [6, 6.07) is 8.82. The lowest BCUT2D eigenvalue weighted by Gasteiger charge is -2.03. The van der Waals surface area contributed by atoms with Crippen molar-refractivity contribution in [2.75, 3.05) is 6.54 Å². The molecule has 0 aliphatic heterocycles. The Kier molecular flexibility index (Phi) is 4.28. The summed E-state index contributed by atoms with van der Waals surface area (Å²) in [5.41, 5.74) is 1.43. The molecule has 3 rings (SSSR count). The maximum absolute atomic E-state index is 11.9. The molecule has 0 unspecified atom stereocenters. The fourth-order valence-electron chi connectivity index (χ4n) is 2.10. The van der Waals surface area contributed by atoms with Gasteiger partial charge in [0.25, 0.3) is 5.91 Å². The largest absolute Gasteiger partial charge is 0.504 e. The highest BCUT2D eigenvalue weighted by Gasteiger charge is 2.19. The molecule has 0 atom stereocenters. The van der Waals surface area contributed by atoms with Crippen molar-refractivity contribution in [3.05, 3.63) is 41.7 Å². The van der Waals surface area contributed by atoms with Gasteiger partial charge in [0.2, 0.25) is 0 Å². The van der Waals surface area contributed by atoms with Crippen molar-refractivity contribution in [1.29, 1.82) is 5.26 Å². The molecule has 0 saturated heterocycles. The lowest BCUT2D eigenvalue weighted by molar-refractivity contribution is -0.135. The van der Waals surface area contributed by atoms with Crippen molar-refractivity contribution in [2.45, 2.75) is 0 Å². The summed E-state index contributed by atoms with van der Waals surface area (Å²) in [4.78, 5) is 30.7. The van der Waals surface area contributed by atoms with Gasteiger partial charge in [-0.2, -0.15) is 5.26 Å². The summed E-state index contributed by atoms with van der Waals surface area (Å²) in [6.07, 6.45) is 1.34. The minimum absolute atomic E-state index is 0.260. The van der Waals surface area contributed by atoms with Crippen LogP contribution in [0.1, 0.15) is 16.1 Å². The number of carboxylic acid groups (broad SMARTS) is 1. The Morgan fingerprint density at radius 1 is 1.28 bits per heavy atom. The zero-order chi connectivity index (χ0) is 18.0. The number of fused-ring (bicyclic) bond motifs is 1. The first-order valence-corrected chi connectivity index (χ1v) is 7.80. The molecule has 3 aromatic rings. The number of carboxylic acids is 1. The molecule has 0 fully saturated rings. The first-order chi connectivity index (χ1) is 12.0. The molecule has 2 heterocycles. The summed E-state index contributed by atoms with van der Waals surface area (Å²) >= 11 is 1.17. The standard InChI is InChI=1S/C16H10N4O4S/c17-5-8-1-3-9(4-2-8)16-20-10-6-18-12(13(23)14(10)25-16)15(24)19-7-11(21)22/h1-4,6,23H,7H2,(H,19,24)(H,21,22). The van der Waals surface area contributed by atoms with Crippen LogP contribution >= 0.6 is 11.3 Å². The van der Waals surface area contributed by atoms with Gasteiger partial charge in [-0.25, -0.2) is 9.97 Å². The van der Waals surface area contributed by atoms with Gasteiger partial charge in [0.1, 0.15) is 21.8 Å². The number of carbonyl (C=O) groups excluding carboxylic acids is 1. The lowest BCUT2D eigenvalue weighted by Crippen LogP contribution is -2.29. The molecular formula is C16H10N4O4S. The first-order valence-electron chi connectivity index (χ1n) is 6.98. The van der Waals surface area contributed by atoms with Crippen molar-refractivity contribution in [1.82, 2.24) is 15.3 Å². The first kappa shape index (κ1) is 16.4. The van der Waals surface area contributed by atoms with Gasteiger partial charge in [-0.05, 0) is 12.1 Å². The Balaban J connectivity index is 1.97. The van der Waals surface area contributed by atoms with Gasteiger partial charge in [0.05, 0.1) is 17.8 Å². The van der Waals surface area contributed by atoms with Crippen LogP contribution in [0.4, 0.5) is 0 Å². The van der Waals surface area contributed by atoms with E-state index in [1.807, 2.05) is 6.07 Å². The average molecular weight is 354 g/mol. The molecule has 1 amide bonds. The Bertz CT molecular complexity index is 1020. The predicted molar refractivity (Wildman–Crippen MR) is 89.2 cm³/mol. The number of nitriles is 1. The van der Waals surface area contributed by atoms with Gasteiger partial charge < -0.3 is 15.5 Å². The molecule has 1 aromatic carbocycles. The normalized spacial score (nSPS) is 10.4. The van der Waals surface area contributed by atoms with E-state index in [0.29, 0.717) is 20.8 Å². The molecule has 9 heteroatoms. The van der Waals surface area contributed by atoms with E-state index in [0.717, 1.165) is 5.56 Å². The maximum atomic E-state index is 11.9. The van der Waals surface area contributed by atoms with Crippen molar-refractivity contribution < 1.29 is 19.8 Å². The van der Waals surface area contributed by atoms with E-state index in [1.54, 1.807) is 24.3 Å². The smallest absolute Gasteiger partial charge is 0.322 e. The Hall–Kier alpha value is -3.51. The highest BCUT2D eigenvalue weighted by molar-refractivity contribution is 7.22. The molecule has 25 heavy (non-hydrogen) atoms. The SMILES string of the molecule is N#Cc1ccc(-c2nc3cnc(C(=O)NCC(=O)O)c(O)c3s2)cc1. The van der Waals surface area contributed by atoms with Crippen LogP contribution in [0.2, 0.25) is 0 Å². The van der Waals surface area contributed by atoms with E-state index in [-0.39, 0.29) is 11.4 Å². The second-order valence-corrected chi connectivity index (χ2v) is 5.95. The van der Waals surface area contributed by atoms with E-state index in [9.17, 15) is 14.7 Å². The Labute approximate surface area is 145 Å². The number of thiazole rings is 1. The summed E-state index contributed by atoms with van der Waals surface area (Å²) in [7, 11) is 0. The Morgan fingerprint density at radius 3 is 2.64 bits per heavy atom. The van der Waals surface area contributed by atoms with Crippen molar-refractivity contribution in [2.24, 2.45) is 0 Å². The number of nitrogens with zero attached hydrogens (tertiary/aromatic N) is 3. The van der Waals surface area contributed by atoms with Gasteiger partial charge in [-0.1, -0.05) is 12.1 Å². The maximum Gasteiger partial charge on any atom is 0.322 e. The van der Waals surface area contributed by atoms with Crippen LogP contribution in [0, 0.1) is 11.3 Å². The summed E-state index contributed by atoms with van der Waals surface area (Å²) in [6.45, 7) is -0.572. The van der Waals surface area contributed by atoms with Gasteiger partial charge in [0, 0.05) is 5.56 Å². The van der Waals surface area contributed by atoms with E-state index >= 15 is 0 Å². The number of nitrogens with one attached hydrogen (secondary N) is 1. The zero-order valence-electron chi connectivity index (χ0n) is 12.6. The summed E-state index contributed by atoms with van der Waals surface area (Å²) < 4.78 is 0.370. The molecule has 0 aliphatic carbocycles. The molecule has 124 valence electrons. The molecular weight excluding hydrogens is 344 g/mol. The lowest BCUT2D eigenvalue weighted by atomic mass is 10.1. The van der Waals surface area contributed by atoms with Crippen molar-refractivity contribution >= 4 is 33.4 Å². The molecule has 0 saturated carbocycles.